The third kappa shape index (κ3) is 2.38. The maximum Gasteiger partial charge on any atom is 0.162 e. The van der Waals surface area contributed by atoms with Gasteiger partial charge < -0.3 is 10.1 Å². The number of fused-ring (bicyclic) bond motifs is 1. The molecule has 2 nitrogen and oxygen atoms in total. The summed E-state index contributed by atoms with van der Waals surface area (Å²) in [7, 11) is 0. The zero-order valence-electron chi connectivity index (χ0n) is 10.4. The minimum Gasteiger partial charge on any atom is -0.480 e. The van der Waals surface area contributed by atoms with Crippen LogP contribution in [0.15, 0.2) is 36.4 Å². The van der Waals surface area contributed by atoms with E-state index in [0.29, 0.717) is 23.0 Å². The first kappa shape index (κ1) is 12.3. The van der Waals surface area contributed by atoms with E-state index in [1.807, 2.05) is 31.2 Å². The fourth-order valence-electron chi connectivity index (χ4n) is 2.17. The molecule has 0 aliphatic carbocycles. The van der Waals surface area contributed by atoms with Crippen LogP contribution < -0.4 is 10.1 Å². The monoisotopic (exact) mass is 277 g/mol. The van der Waals surface area contributed by atoms with Crippen LogP contribution in [0.3, 0.4) is 0 Å². The lowest BCUT2D eigenvalue weighted by molar-refractivity contribution is 0.210. The molecule has 0 fully saturated rings. The molecule has 4 heteroatoms. The Bertz CT molecular complexity index is 612. The molecule has 1 aliphatic heterocycles. The number of aryl methyl sites for hydroxylation is 1. The molecule has 1 aliphatic rings. The summed E-state index contributed by atoms with van der Waals surface area (Å²) < 4.78 is 19.1. The summed E-state index contributed by atoms with van der Waals surface area (Å²) >= 11 is 6.02. The van der Waals surface area contributed by atoms with Crippen molar-refractivity contribution in [2.75, 3.05) is 11.9 Å². The molecule has 0 spiro atoms. The highest BCUT2D eigenvalue weighted by atomic mass is 35.5. The Morgan fingerprint density at radius 2 is 2.00 bits per heavy atom. The molecule has 0 saturated carbocycles. The van der Waals surface area contributed by atoms with Gasteiger partial charge in [-0.1, -0.05) is 41.4 Å². The maximum atomic E-state index is 13.2. The second-order valence-corrected chi connectivity index (χ2v) is 5.07. The van der Waals surface area contributed by atoms with Crippen molar-refractivity contribution >= 4 is 17.3 Å². The largest absolute Gasteiger partial charge is 0.480 e. The predicted octanol–water partition coefficient (Wildman–Crippen LogP) is 4.33. The Kier molecular flexibility index (Phi) is 3.07. The van der Waals surface area contributed by atoms with Crippen molar-refractivity contribution in [2.45, 2.75) is 13.0 Å². The van der Waals surface area contributed by atoms with E-state index in [1.54, 1.807) is 0 Å². The molecule has 0 bridgehead atoms. The molecule has 0 saturated heterocycles. The van der Waals surface area contributed by atoms with Crippen LogP contribution in [-0.2, 0) is 0 Å². The molecule has 2 aromatic carbocycles. The van der Waals surface area contributed by atoms with E-state index in [1.165, 1.54) is 17.7 Å². The normalized spacial score (nSPS) is 17.3. The van der Waals surface area contributed by atoms with Crippen LogP contribution in [0.2, 0.25) is 5.02 Å². The summed E-state index contributed by atoms with van der Waals surface area (Å²) in [4.78, 5) is 0. The van der Waals surface area contributed by atoms with E-state index in [4.69, 9.17) is 16.3 Å². The van der Waals surface area contributed by atoms with E-state index in [0.717, 1.165) is 5.56 Å². The molecule has 0 radical (unpaired) electrons. The number of hydrogen-bond acceptors (Lipinski definition) is 2. The first-order valence-corrected chi connectivity index (χ1v) is 6.47. The van der Waals surface area contributed by atoms with Crippen LogP contribution in [0.1, 0.15) is 17.2 Å². The van der Waals surface area contributed by atoms with Gasteiger partial charge in [-0.25, -0.2) is 4.39 Å². The van der Waals surface area contributed by atoms with E-state index in [2.05, 4.69) is 5.32 Å². The Morgan fingerprint density at radius 1 is 1.26 bits per heavy atom. The first-order valence-electron chi connectivity index (χ1n) is 6.09. The lowest BCUT2D eigenvalue weighted by Gasteiger charge is -2.28. The van der Waals surface area contributed by atoms with Crippen molar-refractivity contribution in [3.8, 4) is 5.75 Å². The zero-order chi connectivity index (χ0) is 13.4. The van der Waals surface area contributed by atoms with Gasteiger partial charge in [0, 0.05) is 6.07 Å². The minimum absolute atomic E-state index is 0.115. The van der Waals surface area contributed by atoms with E-state index in [9.17, 15) is 4.39 Å². The fourth-order valence-corrected chi connectivity index (χ4v) is 2.42. The van der Waals surface area contributed by atoms with Crippen LogP contribution in [-0.4, -0.2) is 6.54 Å². The number of anilines is 1. The highest BCUT2D eigenvalue weighted by Gasteiger charge is 2.23. The van der Waals surface area contributed by atoms with Gasteiger partial charge in [-0.05, 0) is 18.6 Å². The number of halogens is 2. The second kappa shape index (κ2) is 4.74. The Hall–Kier alpha value is -1.74. The zero-order valence-corrected chi connectivity index (χ0v) is 11.2. The van der Waals surface area contributed by atoms with Crippen molar-refractivity contribution in [3.63, 3.8) is 0 Å². The topological polar surface area (TPSA) is 21.3 Å². The number of benzene rings is 2. The van der Waals surface area contributed by atoms with Gasteiger partial charge in [0.2, 0.25) is 0 Å². The van der Waals surface area contributed by atoms with Crippen LogP contribution in [0.5, 0.6) is 5.75 Å². The highest BCUT2D eigenvalue weighted by Crippen LogP contribution is 2.40. The van der Waals surface area contributed by atoms with Crippen molar-refractivity contribution in [1.29, 1.82) is 0 Å². The molecular formula is C15H13ClFNO. The van der Waals surface area contributed by atoms with Crippen LogP contribution in [0.4, 0.5) is 10.1 Å². The molecule has 98 valence electrons. The van der Waals surface area contributed by atoms with Crippen molar-refractivity contribution < 1.29 is 9.13 Å². The van der Waals surface area contributed by atoms with Gasteiger partial charge in [-0.15, -0.1) is 0 Å². The Labute approximate surface area is 116 Å². The molecule has 3 rings (SSSR count). The van der Waals surface area contributed by atoms with Gasteiger partial charge in [0.05, 0.1) is 17.3 Å². The Morgan fingerprint density at radius 3 is 2.74 bits per heavy atom. The van der Waals surface area contributed by atoms with Gasteiger partial charge in [-0.3, -0.25) is 0 Å². The average Bonchev–Trinajstić information content (AvgIpc) is 2.39. The lowest BCUT2D eigenvalue weighted by Crippen LogP contribution is -2.23. The maximum absolute atomic E-state index is 13.2. The molecule has 1 heterocycles. The molecule has 0 aromatic heterocycles. The quantitative estimate of drug-likeness (QED) is 0.837. The number of hydrogen-bond donors (Lipinski definition) is 1. The molecule has 19 heavy (non-hydrogen) atoms. The lowest BCUT2D eigenvalue weighted by atomic mass is 10.1. The second-order valence-electron chi connectivity index (χ2n) is 4.66. The summed E-state index contributed by atoms with van der Waals surface area (Å²) in [5, 5.41) is 3.45. The van der Waals surface area contributed by atoms with Gasteiger partial charge in [0.1, 0.15) is 11.9 Å². The van der Waals surface area contributed by atoms with Gasteiger partial charge in [-0.2, -0.15) is 0 Å². The molecule has 1 atom stereocenters. The number of nitrogens with one attached hydrogen (secondary N) is 1. The van der Waals surface area contributed by atoms with E-state index in [-0.39, 0.29) is 11.9 Å². The molecule has 1 N–H and O–H groups in total. The van der Waals surface area contributed by atoms with Crippen LogP contribution >= 0.6 is 11.6 Å². The molecule has 2 aromatic rings. The van der Waals surface area contributed by atoms with Crippen molar-refractivity contribution in [3.05, 3.63) is 58.4 Å². The van der Waals surface area contributed by atoms with Crippen molar-refractivity contribution in [1.82, 2.24) is 0 Å². The first-order chi connectivity index (χ1) is 9.13. The summed E-state index contributed by atoms with van der Waals surface area (Å²) in [6.45, 7) is 2.63. The van der Waals surface area contributed by atoms with Crippen LogP contribution in [0, 0.1) is 12.7 Å². The third-order valence-corrected chi connectivity index (χ3v) is 3.48. The predicted molar refractivity (Wildman–Crippen MR) is 74.4 cm³/mol. The SMILES string of the molecule is Cc1ccc(C2CNc3cc(F)cc(Cl)c3O2)cc1. The van der Waals surface area contributed by atoms with E-state index < -0.39 is 0 Å². The molecule has 1 unspecified atom stereocenters. The smallest absolute Gasteiger partial charge is 0.162 e. The Balaban J connectivity index is 1.92. The summed E-state index contributed by atoms with van der Waals surface area (Å²) in [5.41, 5.74) is 2.88. The van der Waals surface area contributed by atoms with Gasteiger partial charge in [0.25, 0.3) is 0 Å². The highest BCUT2D eigenvalue weighted by molar-refractivity contribution is 6.32. The standard InChI is InChI=1S/C15H13ClFNO/c1-9-2-4-10(5-3-9)14-8-18-13-7-11(17)6-12(16)15(13)19-14/h2-7,14,18H,8H2,1H3. The van der Waals surface area contributed by atoms with Gasteiger partial charge in [0.15, 0.2) is 5.75 Å². The average molecular weight is 278 g/mol. The number of rotatable bonds is 1. The van der Waals surface area contributed by atoms with Crippen LogP contribution in [0.25, 0.3) is 0 Å². The minimum atomic E-state index is -0.367. The van der Waals surface area contributed by atoms with Crippen molar-refractivity contribution in [2.24, 2.45) is 0 Å². The number of ether oxygens (including phenoxy) is 1. The van der Waals surface area contributed by atoms with Gasteiger partial charge >= 0.3 is 0 Å². The fraction of sp³-hybridized carbons (Fsp3) is 0.200. The molecule has 0 amide bonds. The van der Waals surface area contributed by atoms with E-state index >= 15 is 0 Å². The third-order valence-electron chi connectivity index (χ3n) is 3.20. The summed E-state index contributed by atoms with van der Waals surface area (Å²) in [5.74, 6) is 0.147. The molecular weight excluding hydrogens is 265 g/mol. The summed E-state index contributed by atoms with van der Waals surface area (Å²) in [6.07, 6.45) is -0.115. The summed E-state index contributed by atoms with van der Waals surface area (Å²) in [6, 6.07) is 10.8.